The summed E-state index contributed by atoms with van der Waals surface area (Å²) in [5.74, 6) is 0. The first-order valence-corrected chi connectivity index (χ1v) is 26.9. The molecular weight excluding hydrogens is 918 g/mol. The Labute approximate surface area is 446 Å². The lowest BCUT2D eigenvalue weighted by molar-refractivity contribution is 0.245. The van der Waals surface area contributed by atoms with E-state index in [1.54, 1.807) is 0 Å². The number of nitrogens with zero attached hydrogens (tertiary/aromatic N) is 3. The van der Waals surface area contributed by atoms with Crippen LogP contribution in [-0.2, 0) is 17.4 Å². The number of benzene rings is 11. The zero-order valence-corrected chi connectivity index (χ0v) is 42.7. The molecule has 0 N–H and O–H groups in total. The van der Waals surface area contributed by atoms with Gasteiger partial charge < -0.3 is 14.7 Å². The van der Waals surface area contributed by atoms with Gasteiger partial charge in [0.15, 0.2) is 0 Å². The average Bonchev–Trinajstić information content (AvgIpc) is 3.95. The molecule has 0 radical (unpaired) electrons. The third-order valence-corrected chi connectivity index (χ3v) is 17.7. The van der Waals surface area contributed by atoms with Gasteiger partial charge in [-0.25, -0.2) is 0 Å². The maximum absolute atomic E-state index is 2.74. The van der Waals surface area contributed by atoms with E-state index in [1.807, 2.05) is 0 Å². The number of para-hydroxylation sites is 1. The molecule has 0 saturated carbocycles. The second kappa shape index (κ2) is 17.2. The molecule has 0 fully saturated rings. The van der Waals surface area contributed by atoms with Gasteiger partial charge in [0.1, 0.15) is 0 Å². The standard InChI is InChI=1S/C72H54BN3/c1-71-43-42-54-28-15-16-31-61(54)72(71,2)76(65-33-18-17-32-62(65)71)60-47-68-70-69(48-60)75(59-30-19-29-55(44-59)50-22-9-4-10-23-50)67-46-57(52-26-13-6-14-27-52)36-40-63(67)73(70)64-45-56(51-24-11-5-12-25-51)37-41-66(64)74(68)58-38-34-53(35-39-58)49-20-7-3-8-21-49/h3-41,44-48H,42-43H2,1-2H3. The molecule has 11 aromatic rings. The quantitative estimate of drug-likeness (QED) is 0.147. The molecule has 360 valence electrons. The van der Waals surface area contributed by atoms with Crippen LogP contribution in [0.3, 0.4) is 0 Å². The van der Waals surface area contributed by atoms with Crippen LogP contribution < -0.4 is 31.1 Å². The summed E-state index contributed by atoms with van der Waals surface area (Å²) in [5.41, 5.74) is 26.5. The third kappa shape index (κ3) is 6.63. The first-order chi connectivity index (χ1) is 37.4. The Kier molecular flexibility index (Phi) is 10.1. The van der Waals surface area contributed by atoms with E-state index in [2.05, 4.69) is 295 Å². The lowest BCUT2D eigenvalue weighted by atomic mass is 9.33. The van der Waals surface area contributed by atoms with Crippen molar-refractivity contribution in [1.82, 2.24) is 0 Å². The molecule has 2 atom stereocenters. The molecule has 4 heteroatoms. The van der Waals surface area contributed by atoms with Crippen molar-refractivity contribution in [2.24, 2.45) is 0 Å². The van der Waals surface area contributed by atoms with Gasteiger partial charge in [-0.05, 0) is 152 Å². The number of anilines is 8. The highest BCUT2D eigenvalue weighted by atomic mass is 15.3. The Hall–Kier alpha value is -9.12. The van der Waals surface area contributed by atoms with E-state index < -0.39 is 5.54 Å². The van der Waals surface area contributed by atoms with Crippen LogP contribution in [0.1, 0.15) is 37.0 Å². The number of fused-ring (bicyclic) bond motifs is 9. The molecule has 0 aromatic heterocycles. The summed E-state index contributed by atoms with van der Waals surface area (Å²) in [5, 5.41) is 0. The molecule has 3 aliphatic heterocycles. The summed E-state index contributed by atoms with van der Waals surface area (Å²) in [6.07, 6.45) is 2.10. The van der Waals surface area contributed by atoms with Gasteiger partial charge in [0, 0.05) is 50.9 Å². The van der Waals surface area contributed by atoms with Gasteiger partial charge >= 0.3 is 0 Å². The monoisotopic (exact) mass is 971 g/mol. The highest BCUT2D eigenvalue weighted by Gasteiger charge is 2.60. The number of hydrogen-bond acceptors (Lipinski definition) is 3. The molecule has 11 aromatic carbocycles. The number of hydrogen-bond donors (Lipinski definition) is 0. The minimum absolute atomic E-state index is 0.0898. The fourth-order valence-electron chi connectivity index (χ4n) is 13.9. The molecule has 0 bridgehead atoms. The fourth-order valence-corrected chi connectivity index (χ4v) is 13.9. The van der Waals surface area contributed by atoms with Crippen LogP contribution in [0.15, 0.2) is 267 Å². The minimum Gasteiger partial charge on any atom is -0.330 e. The Morgan fingerprint density at radius 2 is 0.829 bits per heavy atom. The van der Waals surface area contributed by atoms with Crippen LogP contribution in [0.5, 0.6) is 0 Å². The van der Waals surface area contributed by atoms with E-state index in [9.17, 15) is 0 Å². The Balaban J connectivity index is 1.06. The molecule has 3 nitrogen and oxygen atoms in total. The van der Waals surface area contributed by atoms with E-state index in [0.29, 0.717) is 0 Å². The number of aryl methyl sites for hydroxylation is 1. The molecule has 0 amide bonds. The molecule has 4 aliphatic rings. The van der Waals surface area contributed by atoms with Crippen LogP contribution >= 0.6 is 0 Å². The molecular formula is C72H54BN3. The van der Waals surface area contributed by atoms with Crippen LogP contribution in [0.25, 0.3) is 44.5 Å². The summed E-state index contributed by atoms with van der Waals surface area (Å²) in [7, 11) is 0. The smallest absolute Gasteiger partial charge is 0.252 e. The molecule has 15 rings (SSSR count). The van der Waals surface area contributed by atoms with Crippen molar-refractivity contribution in [3.8, 4) is 44.5 Å². The maximum Gasteiger partial charge on any atom is 0.252 e. The van der Waals surface area contributed by atoms with Crippen molar-refractivity contribution in [1.29, 1.82) is 0 Å². The minimum atomic E-state index is -0.406. The lowest BCUT2D eigenvalue weighted by Gasteiger charge is -2.52. The lowest BCUT2D eigenvalue weighted by Crippen LogP contribution is -2.61. The Morgan fingerprint density at radius 1 is 0.329 bits per heavy atom. The first-order valence-electron chi connectivity index (χ1n) is 26.9. The van der Waals surface area contributed by atoms with Crippen molar-refractivity contribution in [3.05, 3.63) is 284 Å². The van der Waals surface area contributed by atoms with Gasteiger partial charge in [0.2, 0.25) is 0 Å². The largest absolute Gasteiger partial charge is 0.330 e. The van der Waals surface area contributed by atoms with Crippen LogP contribution in [0.4, 0.5) is 45.5 Å². The molecule has 0 saturated heterocycles. The van der Waals surface area contributed by atoms with Crippen LogP contribution in [0, 0.1) is 0 Å². The Bertz CT molecular complexity index is 4050. The second-order valence-electron chi connectivity index (χ2n) is 21.5. The summed E-state index contributed by atoms with van der Waals surface area (Å²) in [4.78, 5) is 7.93. The molecule has 3 heterocycles. The maximum atomic E-state index is 2.74. The normalized spacial score (nSPS) is 17.5. The van der Waals surface area contributed by atoms with Crippen LogP contribution in [-0.4, -0.2) is 6.71 Å². The second-order valence-corrected chi connectivity index (χ2v) is 21.5. The van der Waals surface area contributed by atoms with E-state index in [4.69, 9.17) is 0 Å². The van der Waals surface area contributed by atoms with Gasteiger partial charge in [-0.3, -0.25) is 0 Å². The van der Waals surface area contributed by atoms with Crippen molar-refractivity contribution < 1.29 is 0 Å². The first kappa shape index (κ1) is 44.4. The summed E-state index contributed by atoms with van der Waals surface area (Å²) >= 11 is 0. The Morgan fingerprint density at radius 3 is 1.49 bits per heavy atom. The van der Waals surface area contributed by atoms with E-state index in [1.165, 1.54) is 112 Å². The van der Waals surface area contributed by atoms with E-state index >= 15 is 0 Å². The van der Waals surface area contributed by atoms with Gasteiger partial charge in [0.05, 0.1) is 5.54 Å². The van der Waals surface area contributed by atoms with Gasteiger partial charge in [0.25, 0.3) is 6.71 Å². The van der Waals surface area contributed by atoms with Crippen molar-refractivity contribution in [2.75, 3.05) is 14.7 Å². The molecule has 76 heavy (non-hydrogen) atoms. The van der Waals surface area contributed by atoms with Gasteiger partial charge in [-0.1, -0.05) is 219 Å². The number of rotatable bonds is 7. The highest BCUT2D eigenvalue weighted by molar-refractivity contribution is 7.00. The molecule has 1 aliphatic carbocycles. The van der Waals surface area contributed by atoms with E-state index in [-0.39, 0.29) is 12.1 Å². The molecule has 0 spiro atoms. The van der Waals surface area contributed by atoms with Crippen molar-refractivity contribution >= 4 is 68.6 Å². The summed E-state index contributed by atoms with van der Waals surface area (Å²) in [6, 6.07) is 100.0. The zero-order valence-electron chi connectivity index (χ0n) is 42.7. The zero-order chi connectivity index (χ0) is 50.5. The summed E-state index contributed by atoms with van der Waals surface area (Å²) in [6.45, 7) is 4.97. The van der Waals surface area contributed by atoms with Crippen LogP contribution in [0.2, 0.25) is 0 Å². The molecule has 2 unspecified atom stereocenters. The van der Waals surface area contributed by atoms with Crippen molar-refractivity contribution in [2.45, 2.75) is 37.6 Å². The van der Waals surface area contributed by atoms with Gasteiger partial charge in [-0.15, -0.1) is 0 Å². The predicted molar refractivity (Wildman–Crippen MR) is 320 cm³/mol. The third-order valence-electron chi connectivity index (χ3n) is 17.7. The average molecular weight is 972 g/mol. The van der Waals surface area contributed by atoms with E-state index in [0.717, 1.165) is 24.2 Å². The fraction of sp³-hybridized carbons (Fsp3) is 0.0833. The topological polar surface area (TPSA) is 9.72 Å². The highest BCUT2D eigenvalue weighted by Crippen LogP contribution is 2.64. The van der Waals surface area contributed by atoms with Crippen molar-refractivity contribution in [3.63, 3.8) is 0 Å². The summed E-state index contributed by atoms with van der Waals surface area (Å²) < 4.78 is 0. The van der Waals surface area contributed by atoms with Gasteiger partial charge in [-0.2, -0.15) is 0 Å². The SMILES string of the molecule is CC12CCc3ccccc3C1(C)N(c1cc3c4c(c1)N(c1cccc(-c5ccccc5)c1)c1cc(-c5ccccc5)ccc1B4c1cc(-c4ccccc4)ccc1N3c1ccc(-c3ccccc3)cc1)c1ccccc12. The predicted octanol–water partition coefficient (Wildman–Crippen LogP) is 16.7.